The van der Waals surface area contributed by atoms with Gasteiger partial charge in [0.25, 0.3) is 0 Å². The maximum absolute atomic E-state index is 3.51. The summed E-state index contributed by atoms with van der Waals surface area (Å²) in [4.78, 5) is 0. The second-order valence-electron chi connectivity index (χ2n) is 4.41. The fourth-order valence-electron chi connectivity index (χ4n) is 2.06. The zero-order valence-corrected chi connectivity index (χ0v) is 12.4. The van der Waals surface area contributed by atoms with Crippen LogP contribution in [0.1, 0.15) is 25.5 Å². The van der Waals surface area contributed by atoms with Gasteiger partial charge in [0.15, 0.2) is 0 Å². The van der Waals surface area contributed by atoms with Crippen LogP contribution in [0.2, 0.25) is 0 Å². The van der Waals surface area contributed by atoms with Gasteiger partial charge in [0.2, 0.25) is 0 Å². The minimum Gasteiger partial charge on any atom is -0.310 e. The second-order valence-corrected chi connectivity index (χ2v) is 5.33. The number of hydrogen-bond donors (Lipinski definition) is 1. The van der Waals surface area contributed by atoms with E-state index in [0.717, 1.165) is 11.0 Å². The Kier molecular flexibility index (Phi) is 4.56. The van der Waals surface area contributed by atoms with Crippen molar-refractivity contribution in [3.63, 3.8) is 0 Å². The predicted octanol–water partition coefficient (Wildman–Crippen LogP) is 4.79. The number of rotatable bonds is 4. The molecule has 2 aromatic carbocycles. The van der Waals surface area contributed by atoms with Gasteiger partial charge in [-0.2, -0.15) is 0 Å². The minimum atomic E-state index is 0.409. The summed E-state index contributed by atoms with van der Waals surface area (Å²) in [6.07, 6.45) is 0. The average Bonchev–Trinajstić information content (AvgIpc) is 2.39. The van der Waals surface area contributed by atoms with Crippen LogP contribution >= 0.6 is 15.9 Å². The van der Waals surface area contributed by atoms with Crippen molar-refractivity contribution in [2.75, 3.05) is 6.54 Å². The lowest BCUT2D eigenvalue weighted by molar-refractivity contribution is 0.598. The first kappa shape index (κ1) is 13.3. The lowest BCUT2D eigenvalue weighted by Gasteiger charge is -2.13. The molecule has 0 bridgehead atoms. The molecule has 2 heteroatoms. The van der Waals surface area contributed by atoms with E-state index < -0.39 is 0 Å². The van der Waals surface area contributed by atoms with Crippen LogP contribution in [-0.4, -0.2) is 6.54 Å². The van der Waals surface area contributed by atoms with Gasteiger partial charge in [-0.1, -0.05) is 59.3 Å². The van der Waals surface area contributed by atoms with Crippen LogP contribution in [0, 0.1) is 0 Å². The third kappa shape index (κ3) is 3.21. The Morgan fingerprint density at radius 2 is 1.78 bits per heavy atom. The Morgan fingerprint density at radius 3 is 2.39 bits per heavy atom. The maximum atomic E-state index is 3.51. The highest BCUT2D eigenvalue weighted by molar-refractivity contribution is 9.10. The van der Waals surface area contributed by atoms with Crippen molar-refractivity contribution in [2.45, 2.75) is 19.9 Å². The molecule has 1 atom stereocenters. The van der Waals surface area contributed by atoms with Crippen molar-refractivity contribution in [2.24, 2.45) is 0 Å². The van der Waals surface area contributed by atoms with Gasteiger partial charge < -0.3 is 5.32 Å². The standard InChI is InChI=1S/C16H18BrN/c1-3-18-12(2)13-7-9-14(10-8-13)15-5-4-6-16(17)11-15/h4-12,18H,3H2,1-2H3. The van der Waals surface area contributed by atoms with Gasteiger partial charge in [-0.15, -0.1) is 0 Å². The fourth-order valence-corrected chi connectivity index (χ4v) is 2.46. The van der Waals surface area contributed by atoms with Gasteiger partial charge in [-0.3, -0.25) is 0 Å². The molecule has 2 rings (SSSR count). The molecule has 0 aliphatic rings. The van der Waals surface area contributed by atoms with E-state index in [0.29, 0.717) is 6.04 Å². The van der Waals surface area contributed by atoms with E-state index in [1.165, 1.54) is 16.7 Å². The number of hydrogen-bond acceptors (Lipinski definition) is 1. The lowest BCUT2D eigenvalue weighted by atomic mass is 10.0. The Labute approximate surface area is 117 Å². The topological polar surface area (TPSA) is 12.0 Å². The summed E-state index contributed by atoms with van der Waals surface area (Å²) in [7, 11) is 0. The first-order chi connectivity index (χ1) is 8.70. The largest absolute Gasteiger partial charge is 0.310 e. The molecule has 0 aliphatic carbocycles. The molecule has 0 fully saturated rings. The van der Waals surface area contributed by atoms with Gasteiger partial charge in [0.05, 0.1) is 0 Å². The zero-order chi connectivity index (χ0) is 13.0. The lowest BCUT2D eigenvalue weighted by Crippen LogP contribution is -2.17. The quantitative estimate of drug-likeness (QED) is 0.856. The predicted molar refractivity (Wildman–Crippen MR) is 81.7 cm³/mol. The number of nitrogens with one attached hydrogen (secondary N) is 1. The summed E-state index contributed by atoms with van der Waals surface area (Å²) < 4.78 is 1.12. The highest BCUT2D eigenvalue weighted by Crippen LogP contribution is 2.24. The third-order valence-electron chi connectivity index (χ3n) is 3.08. The van der Waals surface area contributed by atoms with Crippen molar-refractivity contribution >= 4 is 15.9 Å². The highest BCUT2D eigenvalue weighted by atomic mass is 79.9. The van der Waals surface area contributed by atoms with Crippen LogP contribution in [0.25, 0.3) is 11.1 Å². The van der Waals surface area contributed by atoms with E-state index in [2.05, 4.69) is 77.6 Å². The van der Waals surface area contributed by atoms with E-state index in [-0.39, 0.29) is 0 Å². The SMILES string of the molecule is CCNC(C)c1ccc(-c2cccc(Br)c2)cc1. The number of halogens is 1. The average molecular weight is 304 g/mol. The van der Waals surface area contributed by atoms with E-state index in [9.17, 15) is 0 Å². The van der Waals surface area contributed by atoms with Gasteiger partial charge in [-0.25, -0.2) is 0 Å². The molecule has 0 spiro atoms. The summed E-state index contributed by atoms with van der Waals surface area (Å²) in [5.74, 6) is 0. The number of benzene rings is 2. The highest BCUT2D eigenvalue weighted by Gasteiger charge is 2.04. The fraction of sp³-hybridized carbons (Fsp3) is 0.250. The molecular weight excluding hydrogens is 286 g/mol. The molecule has 2 aromatic rings. The Bertz CT molecular complexity index is 505. The Hall–Kier alpha value is -1.12. The van der Waals surface area contributed by atoms with Crippen molar-refractivity contribution in [3.8, 4) is 11.1 Å². The normalized spacial score (nSPS) is 12.4. The summed E-state index contributed by atoms with van der Waals surface area (Å²) in [5.41, 5.74) is 3.83. The Balaban J connectivity index is 2.22. The van der Waals surface area contributed by atoms with Gasteiger partial charge in [0, 0.05) is 10.5 Å². The molecule has 0 aliphatic heterocycles. The minimum absolute atomic E-state index is 0.409. The molecule has 18 heavy (non-hydrogen) atoms. The summed E-state index contributed by atoms with van der Waals surface area (Å²) >= 11 is 3.51. The van der Waals surface area contributed by atoms with Crippen LogP contribution in [0.3, 0.4) is 0 Å². The van der Waals surface area contributed by atoms with Gasteiger partial charge >= 0.3 is 0 Å². The molecule has 1 unspecified atom stereocenters. The van der Waals surface area contributed by atoms with Crippen molar-refractivity contribution in [3.05, 3.63) is 58.6 Å². The Morgan fingerprint density at radius 1 is 1.06 bits per heavy atom. The molecule has 0 saturated carbocycles. The summed E-state index contributed by atoms with van der Waals surface area (Å²) in [5, 5.41) is 3.42. The van der Waals surface area contributed by atoms with Crippen molar-refractivity contribution in [1.82, 2.24) is 5.32 Å². The second kappa shape index (κ2) is 6.17. The van der Waals surface area contributed by atoms with Crippen LogP contribution in [0.5, 0.6) is 0 Å². The molecule has 0 radical (unpaired) electrons. The molecule has 94 valence electrons. The monoisotopic (exact) mass is 303 g/mol. The van der Waals surface area contributed by atoms with E-state index in [1.54, 1.807) is 0 Å². The maximum Gasteiger partial charge on any atom is 0.0291 e. The van der Waals surface area contributed by atoms with Crippen LogP contribution in [-0.2, 0) is 0 Å². The van der Waals surface area contributed by atoms with Gasteiger partial charge in [0.1, 0.15) is 0 Å². The van der Waals surface area contributed by atoms with Crippen molar-refractivity contribution < 1.29 is 0 Å². The van der Waals surface area contributed by atoms with E-state index >= 15 is 0 Å². The molecule has 1 nitrogen and oxygen atoms in total. The first-order valence-corrected chi connectivity index (χ1v) is 7.09. The van der Waals surface area contributed by atoms with Crippen LogP contribution in [0.4, 0.5) is 0 Å². The molecule has 0 aromatic heterocycles. The molecular formula is C16H18BrN. The van der Waals surface area contributed by atoms with E-state index in [4.69, 9.17) is 0 Å². The molecule has 0 heterocycles. The van der Waals surface area contributed by atoms with Crippen LogP contribution < -0.4 is 5.32 Å². The first-order valence-electron chi connectivity index (χ1n) is 6.30. The molecule has 0 amide bonds. The smallest absolute Gasteiger partial charge is 0.0291 e. The summed E-state index contributed by atoms with van der Waals surface area (Å²) in [6, 6.07) is 17.6. The van der Waals surface area contributed by atoms with Crippen LogP contribution in [0.15, 0.2) is 53.0 Å². The molecule has 0 saturated heterocycles. The summed E-state index contributed by atoms with van der Waals surface area (Å²) in [6.45, 7) is 5.32. The van der Waals surface area contributed by atoms with Crippen molar-refractivity contribution in [1.29, 1.82) is 0 Å². The molecule has 1 N–H and O–H groups in total. The third-order valence-corrected chi connectivity index (χ3v) is 3.57. The van der Waals surface area contributed by atoms with E-state index in [1.807, 2.05) is 6.07 Å². The zero-order valence-electron chi connectivity index (χ0n) is 10.8. The van der Waals surface area contributed by atoms with Gasteiger partial charge in [-0.05, 0) is 42.3 Å².